The summed E-state index contributed by atoms with van der Waals surface area (Å²) in [4.78, 5) is 18.2. The van der Waals surface area contributed by atoms with Crippen molar-refractivity contribution in [2.45, 2.75) is 13.0 Å². The van der Waals surface area contributed by atoms with E-state index in [-0.39, 0.29) is 18.9 Å². The third kappa shape index (κ3) is 4.40. The summed E-state index contributed by atoms with van der Waals surface area (Å²) < 4.78 is 10.4. The Balaban J connectivity index is 1.63. The molecule has 0 radical (unpaired) electrons. The van der Waals surface area contributed by atoms with E-state index < -0.39 is 0 Å². The predicted octanol–water partition coefficient (Wildman–Crippen LogP) is 3.60. The lowest BCUT2D eigenvalue weighted by molar-refractivity contribution is -0.130. The quantitative estimate of drug-likeness (QED) is 0.662. The number of ether oxygens (including phenoxy) is 1. The maximum Gasteiger partial charge on any atom is 0.246 e. The average Bonchev–Trinajstić information content (AvgIpc) is 3.10. The lowest BCUT2D eigenvalue weighted by atomic mass is 10.1. The van der Waals surface area contributed by atoms with Crippen molar-refractivity contribution in [2.24, 2.45) is 0 Å². The van der Waals surface area contributed by atoms with E-state index in [4.69, 9.17) is 20.9 Å². The molecule has 0 atom stereocenters. The van der Waals surface area contributed by atoms with Gasteiger partial charge in [0.05, 0.1) is 20.1 Å². The summed E-state index contributed by atoms with van der Waals surface area (Å²) >= 11 is 5.95. The lowest BCUT2D eigenvalue weighted by Gasteiger charge is -2.14. The first-order chi connectivity index (χ1) is 12.5. The minimum atomic E-state index is -0.0588. The third-order valence-corrected chi connectivity index (χ3v) is 4.09. The number of carbonyl (C=O) groups is 1. The van der Waals surface area contributed by atoms with Gasteiger partial charge in [-0.2, -0.15) is 4.98 Å². The van der Waals surface area contributed by atoms with Gasteiger partial charge in [0.15, 0.2) is 0 Å². The van der Waals surface area contributed by atoms with Crippen molar-refractivity contribution in [3.63, 3.8) is 0 Å². The Labute approximate surface area is 156 Å². The van der Waals surface area contributed by atoms with Gasteiger partial charge in [-0.3, -0.25) is 4.79 Å². The first-order valence-corrected chi connectivity index (χ1v) is 8.38. The van der Waals surface area contributed by atoms with Crippen LogP contribution in [0.15, 0.2) is 53.1 Å². The minimum absolute atomic E-state index is 0.0588. The maximum atomic E-state index is 12.4. The Morgan fingerprint density at radius 2 is 2.00 bits per heavy atom. The molecule has 3 rings (SSSR count). The van der Waals surface area contributed by atoms with Gasteiger partial charge in [0, 0.05) is 17.6 Å². The number of methoxy groups -OCH3 is 1. The topological polar surface area (TPSA) is 68.5 Å². The zero-order valence-corrected chi connectivity index (χ0v) is 15.2. The highest BCUT2D eigenvalue weighted by Crippen LogP contribution is 2.20. The van der Waals surface area contributed by atoms with Crippen LogP contribution >= 0.6 is 11.6 Å². The molecule has 0 aliphatic rings. The Morgan fingerprint density at radius 1 is 1.23 bits per heavy atom. The van der Waals surface area contributed by atoms with Crippen LogP contribution in [0.25, 0.3) is 11.4 Å². The monoisotopic (exact) mass is 371 g/mol. The molecule has 0 spiro atoms. The molecule has 7 heteroatoms. The second-order valence-electron chi connectivity index (χ2n) is 5.80. The summed E-state index contributed by atoms with van der Waals surface area (Å²) in [5.41, 5.74) is 1.67. The number of amides is 1. The number of carbonyl (C=O) groups excluding carboxylic acids is 1. The highest BCUT2D eigenvalue weighted by molar-refractivity contribution is 6.30. The molecule has 0 aliphatic heterocycles. The van der Waals surface area contributed by atoms with Gasteiger partial charge >= 0.3 is 0 Å². The summed E-state index contributed by atoms with van der Waals surface area (Å²) in [6.45, 7) is 0.239. The lowest BCUT2D eigenvalue weighted by Crippen LogP contribution is -2.27. The normalized spacial score (nSPS) is 10.6. The smallest absolute Gasteiger partial charge is 0.246 e. The van der Waals surface area contributed by atoms with Crippen LogP contribution in [0, 0.1) is 0 Å². The molecule has 26 heavy (non-hydrogen) atoms. The molecule has 0 N–H and O–H groups in total. The van der Waals surface area contributed by atoms with Crippen LogP contribution in [-0.2, 0) is 17.8 Å². The van der Waals surface area contributed by atoms with E-state index in [1.54, 1.807) is 31.2 Å². The number of benzene rings is 2. The van der Waals surface area contributed by atoms with Crippen molar-refractivity contribution >= 4 is 17.5 Å². The number of likely N-dealkylation sites (N-methyl/N-ethyl adjacent to an activating group) is 1. The van der Waals surface area contributed by atoms with Gasteiger partial charge in [-0.05, 0) is 42.0 Å². The van der Waals surface area contributed by atoms with Gasteiger partial charge in [0.1, 0.15) is 5.75 Å². The molecular formula is C19H18ClN3O3. The molecule has 0 fully saturated rings. The minimum Gasteiger partial charge on any atom is -0.497 e. The fourth-order valence-electron chi connectivity index (χ4n) is 2.42. The molecule has 0 saturated heterocycles. The number of hydrogen-bond acceptors (Lipinski definition) is 5. The Morgan fingerprint density at radius 3 is 2.69 bits per heavy atom. The zero-order valence-electron chi connectivity index (χ0n) is 14.5. The molecule has 6 nitrogen and oxygen atoms in total. The molecule has 3 aromatic rings. The van der Waals surface area contributed by atoms with Crippen molar-refractivity contribution in [2.75, 3.05) is 14.2 Å². The molecular weight excluding hydrogens is 354 g/mol. The fraction of sp³-hybridized carbons (Fsp3) is 0.211. The van der Waals surface area contributed by atoms with Crippen LogP contribution in [0.4, 0.5) is 0 Å². The molecule has 1 heterocycles. The van der Waals surface area contributed by atoms with Gasteiger partial charge in [0.2, 0.25) is 17.6 Å². The van der Waals surface area contributed by atoms with E-state index in [1.807, 2.05) is 36.4 Å². The number of aromatic nitrogens is 2. The Hall–Kier alpha value is -2.86. The molecule has 134 valence electrons. The van der Waals surface area contributed by atoms with E-state index in [0.717, 1.165) is 16.9 Å². The molecule has 0 bridgehead atoms. The van der Waals surface area contributed by atoms with Gasteiger partial charge in [-0.1, -0.05) is 28.9 Å². The summed E-state index contributed by atoms with van der Waals surface area (Å²) in [6.07, 6.45) is 0.260. The largest absolute Gasteiger partial charge is 0.497 e. The number of hydrogen-bond donors (Lipinski definition) is 0. The third-order valence-electron chi connectivity index (χ3n) is 3.86. The average molecular weight is 372 g/mol. The van der Waals surface area contributed by atoms with E-state index in [0.29, 0.717) is 16.7 Å². The molecule has 0 unspecified atom stereocenters. The molecule has 2 aromatic carbocycles. The second-order valence-corrected chi connectivity index (χ2v) is 6.23. The number of rotatable bonds is 6. The van der Waals surface area contributed by atoms with Crippen LogP contribution in [0.1, 0.15) is 11.5 Å². The van der Waals surface area contributed by atoms with Crippen molar-refractivity contribution in [1.29, 1.82) is 0 Å². The molecule has 1 amide bonds. The van der Waals surface area contributed by atoms with E-state index >= 15 is 0 Å². The number of halogens is 1. The van der Waals surface area contributed by atoms with Gasteiger partial charge in [-0.15, -0.1) is 0 Å². The molecule has 0 aliphatic carbocycles. The van der Waals surface area contributed by atoms with Crippen molar-refractivity contribution < 1.29 is 14.1 Å². The first-order valence-electron chi connectivity index (χ1n) is 8.00. The van der Waals surface area contributed by atoms with Crippen LogP contribution in [0.2, 0.25) is 5.02 Å². The highest BCUT2D eigenvalue weighted by Gasteiger charge is 2.15. The van der Waals surface area contributed by atoms with Crippen LogP contribution < -0.4 is 4.74 Å². The Bertz CT molecular complexity index is 893. The fourth-order valence-corrected chi connectivity index (χ4v) is 2.64. The van der Waals surface area contributed by atoms with Crippen molar-refractivity contribution in [3.05, 3.63) is 65.0 Å². The van der Waals surface area contributed by atoms with E-state index in [9.17, 15) is 4.79 Å². The highest BCUT2D eigenvalue weighted by atomic mass is 35.5. The van der Waals surface area contributed by atoms with E-state index in [1.165, 1.54) is 0 Å². The summed E-state index contributed by atoms with van der Waals surface area (Å²) in [6, 6.07) is 14.6. The van der Waals surface area contributed by atoms with Gasteiger partial charge in [0.25, 0.3) is 0 Å². The van der Waals surface area contributed by atoms with E-state index in [2.05, 4.69) is 10.1 Å². The summed E-state index contributed by atoms with van der Waals surface area (Å²) in [7, 11) is 3.31. The number of nitrogens with zero attached hydrogens (tertiary/aromatic N) is 3. The van der Waals surface area contributed by atoms with Crippen LogP contribution in [-0.4, -0.2) is 35.1 Å². The standard InChI is InChI=1S/C19H18ClN3O3/c1-23(18(24)11-13-4-3-5-15(20)10-13)12-17-21-19(22-26-17)14-6-8-16(25-2)9-7-14/h3-10H,11-12H2,1-2H3. The molecule has 0 saturated carbocycles. The zero-order chi connectivity index (χ0) is 18.5. The summed E-state index contributed by atoms with van der Waals surface area (Å²) in [5.74, 6) is 1.54. The van der Waals surface area contributed by atoms with Crippen LogP contribution in [0.5, 0.6) is 5.75 Å². The Kier molecular flexibility index (Phi) is 5.53. The van der Waals surface area contributed by atoms with Crippen molar-refractivity contribution in [3.8, 4) is 17.1 Å². The SMILES string of the molecule is COc1ccc(-c2noc(CN(C)C(=O)Cc3cccc(Cl)c3)n2)cc1. The maximum absolute atomic E-state index is 12.4. The predicted molar refractivity (Wildman–Crippen MR) is 97.9 cm³/mol. The van der Waals surface area contributed by atoms with Gasteiger partial charge in [-0.25, -0.2) is 0 Å². The second kappa shape index (κ2) is 8.01. The first kappa shape index (κ1) is 17.9. The van der Waals surface area contributed by atoms with Crippen molar-refractivity contribution in [1.82, 2.24) is 15.0 Å². The molecule has 1 aromatic heterocycles. The van der Waals surface area contributed by atoms with Crippen LogP contribution in [0.3, 0.4) is 0 Å². The van der Waals surface area contributed by atoms with Gasteiger partial charge < -0.3 is 14.2 Å². The summed E-state index contributed by atoms with van der Waals surface area (Å²) in [5, 5.41) is 4.58.